The molecule has 0 heterocycles. The lowest BCUT2D eigenvalue weighted by Gasteiger charge is -2.01. The maximum Gasteiger partial charge on any atom is 0.336 e. The summed E-state index contributed by atoms with van der Waals surface area (Å²) < 4.78 is 0.743. The molecule has 4 nitrogen and oxygen atoms in total. The molecular weight excluding hydrogens is 276 g/mol. The van der Waals surface area contributed by atoms with Crippen LogP contribution in [0.15, 0.2) is 28.7 Å². The van der Waals surface area contributed by atoms with Crippen LogP contribution in [0.25, 0.3) is 6.08 Å². The molecule has 0 spiro atoms. The Morgan fingerprint density at radius 1 is 1.31 bits per heavy atom. The number of aliphatic carboxylic acids is 1. The molecule has 0 amide bonds. The number of rotatable bonds is 4. The third kappa shape index (κ3) is 3.51. The summed E-state index contributed by atoms with van der Waals surface area (Å²) in [4.78, 5) is 21.2. The summed E-state index contributed by atoms with van der Waals surface area (Å²) in [5.41, 5.74) is 0.618. The van der Waals surface area contributed by atoms with Gasteiger partial charge in [-0.1, -0.05) is 28.1 Å². The lowest BCUT2D eigenvalue weighted by Crippen LogP contribution is -1.99. The summed E-state index contributed by atoms with van der Waals surface area (Å²) in [6, 6.07) is 4.71. The molecule has 0 aliphatic rings. The molecule has 0 saturated heterocycles. The lowest BCUT2D eigenvalue weighted by atomic mass is 10.1. The Morgan fingerprint density at radius 3 is 2.56 bits per heavy atom. The third-order valence-electron chi connectivity index (χ3n) is 1.83. The fourth-order valence-corrected chi connectivity index (χ4v) is 1.53. The van der Waals surface area contributed by atoms with E-state index in [0.717, 1.165) is 4.47 Å². The minimum absolute atomic E-state index is 0.133. The van der Waals surface area contributed by atoms with Crippen molar-refractivity contribution in [1.82, 2.24) is 0 Å². The summed E-state index contributed by atoms with van der Waals surface area (Å²) in [6.45, 7) is 0. The van der Waals surface area contributed by atoms with Crippen LogP contribution in [0, 0.1) is 0 Å². The first-order valence-electron chi connectivity index (χ1n) is 4.42. The van der Waals surface area contributed by atoms with Crippen LogP contribution in [0.4, 0.5) is 0 Å². The van der Waals surface area contributed by atoms with Crippen molar-refractivity contribution in [2.75, 3.05) is 0 Å². The van der Waals surface area contributed by atoms with E-state index in [1.165, 1.54) is 18.2 Å². The van der Waals surface area contributed by atoms with Crippen molar-refractivity contribution >= 4 is 33.9 Å². The van der Waals surface area contributed by atoms with Crippen LogP contribution in [0.2, 0.25) is 0 Å². The van der Waals surface area contributed by atoms with Gasteiger partial charge in [0, 0.05) is 4.47 Å². The smallest absolute Gasteiger partial charge is 0.336 e. The molecule has 1 aromatic carbocycles. The first-order valence-corrected chi connectivity index (χ1v) is 5.21. The van der Waals surface area contributed by atoms with E-state index in [1.807, 2.05) is 0 Å². The second kappa shape index (κ2) is 5.46. The van der Waals surface area contributed by atoms with Crippen molar-refractivity contribution in [3.05, 3.63) is 39.9 Å². The van der Waals surface area contributed by atoms with E-state index < -0.39 is 11.9 Å². The predicted octanol–water partition coefficient (Wildman–Crippen LogP) is 2.64. The van der Waals surface area contributed by atoms with E-state index in [2.05, 4.69) is 15.9 Å². The maximum absolute atomic E-state index is 10.9. The Labute approximate surface area is 100 Å². The predicted molar refractivity (Wildman–Crippen MR) is 62.4 cm³/mol. The Kier molecular flexibility index (Phi) is 4.25. The fraction of sp³-hybridized carbons (Fsp3) is 0.0909. The molecule has 5 heteroatoms. The topological polar surface area (TPSA) is 74.6 Å². The molecular formula is C11H9BrO4. The van der Waals surface area contributed by atoms with E-state index >= 15 is 0 Å². The van der Waals surface area contributed by atoms with E-state index in [9.17, 15) is 9.59 Å². The van der Waals surface area contributed by atoms with Gasteiger partial charge < -0.3 is 10.2 Å². The number of hydrogen-bond acceptors (Lipinski definition) is 2. The minimum atomic E-state index is -1.04. The van der Waals surface area contributed by atoms with Crippen LogP contribution in [-0.4, -0.2) is 22.2 Å². The van der Waals surface area contributed by atoms with Gasteiger partial charge >= 0.3 is 11.9 Å². The SMILES string of the molecule is O=C(O)CC=Cc1cc(Br)ccc1C(=O)O. The summed E-state index contributed by atoms with van der Waals surface area (Å²) >= 11 is 3.22. The van der Waals surface area contributed by atoms with Crippen LogP contribution in [0.3, 0.4) is 0 Å². The van der Waals surface area contributed by atoms with Crippen LogP contribution in [-0.2, 0) is 4.79 Å². The number of aromatic carboxylic acids is 1. The zero-order valence-corrected chi connectivity index (χ0v) is 9.77. The standard InChI is InChI=1S/C11H9BrO4/c12-8-4-5-9(11(15)16)7(6-8)2-1-3-10(13)14/h1-2,4-6H,3H2,(H,13,14)(H,15,16). The molecule has 0 aliphatic carbocycles. The first-order chi connectivity index (χ1) is 7.50. The number of carbonyl (C=O) groups is 2. The second-order valence-electron chi connectivity index (χ2n) is 3.04. The van der Waals surface area contributed by atoms with Crippen molar-refractivity contribution in [2.45, 2.75) is 6.42 Å². The zero-order chi connectivity index (χ0) is 12.1. The molecule has 1 aromatic rings. The van der Waals surface area contributed by atoms with Gasteiger partial charge in [0.2, 0.25) is 0 Å². The van der Waals surface area contributed by atoms with E-state index in [-0.39, 0.29) is 12.0 Å². The molecule has 0 saturated carbocycles. The molecule has 2 N–H and O–H groups in total. The second-order valence-corrected chi connectivity index (χ2v) is 3.95. The highest BCUT2D eigenvalue weighted by molar-refractivity contribution is 9.10. The van der Waals surface area contributed by atoms with Gasteiger partial charge in [-0.15, -0.1) is 0 Å². The van der Waals surface area contributed by atoms with Crippen LogP contribution >= 0.6 is 15.9 Å². The molecule has 16 heavy (non-hydrogen) atoms. The summed E-state index contributed by atoms with van der Waals surface area (Å²) in [7, 11) is 0. The van der Waals surface area contributed by atoms with Gasteiger partial charge in [-0.25, -0.2) is 4.79 Å². The molecule has 0 aliphatic heterocycles. The van der Waals surface area contributed by atoms with Gasteiger partial charge in [-0.3, -0.25) is 4.79 Å². The maximum atomic E-state index is 10.9. The van der Waals surface area contributed by atoms with Crippen LogP contribution in [0.5, 0.6) is 0 Å². The number of benzene rings is 1. The number of hydrogen-bond donors (Lipinski definition) is 2. The Bertz CT molecular complexity index is 451. The van der Waals surface area contributed by atoms with Crippen LogP contribution in [0.1, 0.15) is 22.3 Å². The van der Waals surface area contributed by atoms with Gasteiger partial charge in [0.1, 0.15) is 0 Å². The highest BCUT2D eigenvalue weighted by atomic mass is 79.9. The molecule has 0 bridgehead atoms. The lowest BCUT2D eigenvalue weighted by molar-refractivity contribution is -0.135. The van der Waals surface area contributed by atoms with Gasteiger partial charge in [0.25, 0.3) is 0 Å². The van der Waals surface area contributed by atoms with Gasteiger partial charge in [-0.05, 0) is 23.8 Å². The average molecular weight is 285 g/mol. The number of halogens is 1. The molecule has 0 unspecified atom stereocenters. The van der Waals surface area contributed by atoms with Gasteiger partial charge in [0.15, 0.2) is 0 Å². The summed E-state index contributed by atoms with van der Waals surface area (Å²) in [6.07, 6.45) is 2.77. The molecule has 0 radical (unpaired) electrons. The fourth-order valence-electron chi connectivity index (χ4n) is 1.15. The average Bonchev–Trinajstić information content (AvgIpc) is 2.16. The van der Waals surface area contributed by atoms with Gasteiger partial charge in [-0.2, -0.15) is 0 Å². The van der Waals surface area contributed by atoms with E-state index in [4.69, 9.17) is 10.2 Å². The normalized spacial score (nSPS) is 10.6. The Hall–Kier alpha value is -1.62. The van der Waals surface area contributed by atoms with Gasteiger partial charge in [0.05, 0.1) is 12.0 Å². The summed E-state index contributed by atoms with van der Waals surface area (Å²) in [5.74, 6) is -1.99. The van der Waals surface area contributed by atoms with Crippen molar-refractivity contribution in [2.24, 2.45) is 0 Å². The molecule has 0 fully saturated rings. The first kappa shape index (κ1) is 12.4. The number of carboxylic acid groups (broad SMARTS) is 2. The minimum Gasteiger partial charge on any atom is -0.481 e. The third-order valence-corrected chi connectivity index (χ3v) is 2.33. The Morgan fingerprint density at radius 2 is 2.00 bits per heavy atom. The monoisotopic (exact) mass is 284 g/mol. The highest BCUT2D eigenvalue weighted by Crippen LogP contribution is 2.18. The highest BCUT2D eigenvalue weighted by Gasteiger charge is 2.07. The van der Waals surface area contributed by atoms with E-state index in [0.29, 0.717) is 5.56 Å². The van der Waals surface area contributed by atoms with Crippen molar-refractivity contribution in [3.8, 4) is 0 Å². The molecule has 1 rings (SSSR count). The van der Waals surface area contributed by atoms with Crippen LogP contribution < -0.4 is 0 Å². The van der Waals surface area contributed by atoms with Crippen molar-refractivity contribution in [3.63, 3.8) is 0 Å². The largest absolute Gasteiger partial charge is 0.481 e. The zero-order valence-electron chi connectivity index (χ0n) is 8.18. The summed E-state index contributed by atoms with van der Waals surface area (Å²) in [5, 5.41) is 17.3. The molecule has 84 valence electrons. The Balaban J connectivity index is 3.01. The molecule has 0 aromatic heterocycles. The molecule has 0 atom stereocenters. The van der Waals surface area contributed by atoms with Crippen molar-refractivity contribution < 1.29 is 19.8 Å². The quantitative estimate of drug-likeness (QED) is 0.891. The van der Waals surface area contributed by atoms with E-state index in [1.54, 1.807) is 12.1 Å². The number of carboxylic acids is 2. The van der Waals surface area contributed by atoms with Crippen molar-refractivity contribution in [1.29, 1.82) is 0 Å².